The molecule has 6 heterocycles. The van der Waals surface area contributed by atoms with Crippen LogP contribution in [0, 0.1) is 0 Å². The van der Waals surface area contributed by atoms with Crippen LogP contribution in [0.15, 0.2) is 91.3 Å². The Morgan fingerprint density at radius 2 is 1.12 bits per heavy atom. The van der Waals surface area contributed by atoms with Gasteiger partial charge >= 0.3 is 7.60 Å². The summed E-state index contributed by atoms with van der Waals surface area (Å²) in [4.78, 5) is 17.3. The van der Waals surface area contributed by atoms with Gasteiger partial charge in [0, 0.05) is 52.1 Å². The second kappa shape index (κ2) is 12.0. The van der Waals surface area contributed by atoms with Gasteiger partial charge in [0.05, 0.1) is 24.6 Å². The molecule has 0 radical (unpaired) electrons. The Labute approximate surface area is 249 Å². The van der Waals surface area contributed by atoms with E-state index in [1.54, 1.807) is 40.2 Å². The van der Waals surface area contributed by atoms with Crippen molar-refractivity contribution < 1.29 is 13.6 Å². The summed E-state index contributed by atoms with van der Waals surface area (Å²) in [7, 11) is -3.27. The maximum atomic E-state index is 13.2. The number of rotatable bonds is 10. The van der Waals surface area contributed by atoms with Gasteiger partial charge in [0.1, 0.15) is 4.62 Å². The standard InChI is InChI=1S/C30H25N2O3PS4/c1-3-34-36(33,35-4-2)30-17-16-29(40-30)28-15-14-27(39-28)26-13-12-25(38-26)24-11-10-23(37-24)20-8-9-22(32-19-20)21-7-5-6-18-31-21/h5-19H,3-4H2,1-2H3. The Balaban J connectivity index is 1.18. The van der Waals surface area contributed by atoms with Crippen molar-refractivity contribution in [2.45, 2.75) is 13.8 Å². The second-order valence-corrected chi connectivity index (χ2v) is 15.2. The van der Waals surface area contributed by atoms with Crippen LogP contribution in [-0.2, 0) is 13.6 Å². The Bertz CT molecular complexity index is 1760. The van der Waals surface area contributed by atoms with E-state index in [0.29, 0.717) is 17.8 Å². The topological polar surface area (TPSA) is 61.3 Å². The second-order valence-electron chi connectivity index (χ2n) is 8.61. The lowest BCUT2D eigenvalue weighted by Gasteiger charge is -2.14. The smallest absolute Gasteiger partial charge is 0.305 e. The molecule has 0 aliphatic carbocycles. The molecule has 0 spiro atoms. The maximum Gasteiger partial charge on any atom is 0.371 e. The molecule has 0 N–H and O–H groups in total. The largest absolute Gasteiger partial charge is 0.371 e. The molecule has 202 valence electrons. The van der Waals surface area contributed by atoms with Gasteiger partial charge in [0.15, 0.2) is 0 Å². The Kier molecular flexibility index (Phi) is 8.23. The van der Waals surface area contributed by atoms with Crippen LogP contribution in [0.4, 0.5) is 0 Å². The molecule has 40 heavy (non-hydrogen) atoms. The molecule has 0 unspecified atom stereocenters. The molecule has 0 amide bonds. The number of pyridine rings is 2. The van der Waals surface area contributed by atoms with Gasteiger partial charge in [-0.2, -0.15) is 0 Å². The normalized spacial score (nSPS) is 11.8. The third kappa shape index (κ3) is 5.69. The summed E-state index contributed by atoms with van der Waals surface area (Å²) in [6.45, 7) is 4.34. The molecule has 0 bridgehead atoms. The van der Waals surface area contributed by atoms with Crippen LogP contribution in [0.3, 0.4) is 0 Å². The van der Waals surface area contributed by atoms with Crippen molar-refractivity contribution in [2.75, 3.05) is 13.2 Å². The minimum Gasteiger partial charge on any atom is -0.305 e. The van der Waals surface area contributed by atoms with E-state index in [9.17, 15) is 4.57 Å². The van der Waals surface area contributed by atoms with Crippen molar-refractivity contribution in [3.63, 3.8) is 0 Å². The van der Waals surface area contributed by atoms with Gasteiger partial charge in [-0.3, -0.25) is 14.5 Å². The molecule has 6 rings (SSSR count). The average molecular weight is 621 g/mol. The SMILES string of the molecule is CCOP(=O)(OCC)c1ccc(-c2ccc(-c3ccc(-c4ccc(-c5ccc(-c6ccccn6)nc5)s4)s3)s2)s1. The molecule has 6 aromatic rings. The fourth-order valence-electron chi connectivity index (χ4n) is 4.15. The highest BCUT2D eigenvalue weighted by molar-refractivity contribution is 7.69. The zero-order valence-corrected chi connectivity index (χ0v) is 25.9. The van der Waals surface area contributed by atoms with E-state index in [-0.39, 0.29) is 0 Å². The van der Waals surface area contributed by atoms with Gasteiger partial charge in [-0.15, -0.1) is 45.3 Å². The Morgan fingerprint density at radius 1 is 0.600 bits per heavy atom. The number of nitrogens with zero attached hydrogens (tertiary/aromatic N) is 2. The van der Waals surface area contributed by atoms with E-state index in [1.807, 2.05) is 56.4 Å². The van der Waals surface area contributed by atoms with Gasteiger partial charge in [0.2, 0.25) is 0 Å². The van der Waals surface area contributed by atoms with Gasteiger partial charge in [-0.25, -0.2) is 0 Å². The van der Waals surface area contributed by atoms with E-state index in [2.05, 4.69) is 52.4 Å². The third-order valence-electron chi connectivity index (χ3n) is 5.98. The molecule has 6 aromatic heterocycles. The van der Waals surface area contributed by atoms with Crippen LogP contribution in [-0.4, -0.2) is 23.2 Å². The minimum atomic E-state index is -3.27. The van der Waals surface area contributed by atoms with Crippen molar-refractivity contribution in [3.8, 4) is 51.1 Å². The molecule has 0 aliphatic rings. The zero-order valence-electron chi connectivity index (χ0n) is 21.8. The van der Waals surface area contributed by atoms with Gasteiger partial charge in [-0.05, 0) is 86.6 Å². The van der Waals surface area contributed by atoms with Crippen molar-refractivity contribution in [1.29, 1.82) is 0 Å². The maximum absolute atomic E-state index is 13.2. The third-order valence-corrected chi connectivity index (χ3v) is 13.6. The first-order valence-corrected chi connectivity index (χ1v) is 17.5. The number of aromatic nitrogens is 2. The highest BCUT2D eigenvalue weighted by Crippen LogP contribution is 2.50. The van der Waals surface area contributed by atoms with Crippen LogP contribution in [0.1, 0.15) is 13.8 Å². The summed E-state index contributed by atoms with van der Waals surface area (Å²) in [6, 6.07) is 26.9. The van der Waals surface area contributed by atoms with E-state index < -0.39 is 7.60 Å². The van der Waals surface area contributed by atoms with Gasteiger partial charge in [0.25, 0.3) is 0 Å². The molecule has 10 heteroatoms. The highest BCUT2D eigenvalue weighted by Gasteiger charge is 2.29. The lowest BCUT2D eigenvalue weighted by Crippen LogP contribution is -2.06. The Morgan fingerprint density at radius 3 is 1.65 bits per heavy atom. The van der Waals surface area contributed by atoms with E-state index in [4.69, 9.17) is 9.05 Å². The summed E-state index contributed by atoms with van der Waals surface area (Å²) < 4.78 is 24.8. The molecule has 0 saturated heterocycles. The summed E-state index contributed by atoms with van der Waals surface area (Å²) >= 11 is 6.78. The average Bonchev–Trinajstić information content (AvgIpc) is 3.80. The predicted octanol–water partition coefficient (Wildman–Crippen LogP) is 9.95. The number of hydrogen-bond acceptors (Lipinski definition) is 9. The number of hydrogen-bond donors (Lipinski definition) is 0. The summed E-state index contributed by atoms with van der Waals surface area (Å²) in [5.74, 6) is 0. The fourth-order valence-corrected chi connectivity index (χ4v) is 10.5. The van der Waals surface area contributed by atoms with Crippen LogP contribution in [0.5, 0.6) is 0 Å². The molecular weight excluding hydrogens is 596 g/mol. The summed E-state index contributed by atoms with van der Waals surface area (Å²) in [5, 5.41) is 0. The van der Waals surface area contributed by atoms with Crippen LogP contribution in [0.25, 0.3) is 51.1 Å². The van der Waals surface area contributed by atoms with Crippen molar-refractivity contribution in [2.24, 2.45) is 0 Å². The van der Waals surface area contributed by atoms with E-state index in [1.165, 1.54) is 35.7 Å². The summed E-state index contributed by atoms with van der Waals surface area (Å²) in [6.07, 6.45) is 3.71. The molecule has 0 saturated carbocycles. The lowest BCUT2D eigenvalue weighted by molar-refractivity contribution is 0.230. The van der Waals surface area contributed by atoms with Gasteiger partial charge in [-0.1, -0.05) is 6.07 Å². The minimum absolute atomic E-state index is 0.343. The fraction of sp³-hybridized carbons (Fsp3) is 0.133. The van der Waals surface area contributed by atoms with Gasteiger partial charge < -0.3 is 9.05 Å². The predicted molar refractivity (Wildman–Crippen MR) is 171 cm³/mol. The molecule has 0 aliphatic heterocycles. The quantitative estimate of drug-likeness (QED) is 0.143. The van der Waals surface area contributed by atoms with Crippen molar-refractivity contribution in [1.82, 2.24) is 9.97 Å². The van der Waals surface area contributed by atoms with Crippen LogP contribution >= 0.6 is 52.9 Å². The molecule has 0 aromatic carbocycles. The summed E-state index contributed by atoms with van der Waals surface area (Å²) in [5.41, 5.74) is 2.85. The molecular formula is C30H25N2O3PS4. The first kappa shape index (κ1) is 27.4. The van der Waals surface area contributed by atoms with Crippen molar-refractivity contribution >= 4 is 57.6 Å². The van der Waals surface area contributed by atoms with E-state index in [0.717, 1.165) is 26.7 Å². The zero-order chi connectivity index (χ0) is 27.5. The Hall–Kier alpha value is -2.75. The van der Waals surface area contributed by atoms with Crippen LogP contribution < -0.4 is 4.62 Å². The highest BCUT2D eigenvalue weighted by atomic mass is 32.1. The number of thiophene rings is 4. The monoisotopic (exact) mass is 620 g/mol. The lowest BCUT2D eigenvalue weighted by atomic mass is 10.2. The first-order valence-electron chi connectivity index (χ1n) is 12.7. The molecule has 0 atom stereocenters. The van der Waals surface area contributed by atoms with Crippen molar-refractivity contribution in [3.05, 3.63) is 91.3 Å². The van der Waals surface area contributed by atoms with E-state index >= 15 is 0 Å². The first-order chi connectivity index (χ1) is 19.6. The van der Waals surface area contributed by atoms with Crippen LogP contribution in [0.2, 0.25) is 0 Å². The molecule has 0 fully saturated rings. The molecule has 5 nitrogen and oxygen atoms in total.